The van der Waals surface area contributed by atoms with Crippen molar-refractivity contribution < 1.29 is 4.74 Å². The predicted molar refractivity (Wildman–Crippen MR) is 81.0 cm³/mol. The number of benzene rings is 1. The first kappa shape index (κ1) is 14.1. The lowest BCUT2D eigenvalue weighted by Gasteiger charge is -2.11. The number of rotatable bonds is 7. The molecule has 1 aromatic carbocycles. The molecule has 0 aliphatic heterocycles. The van der Waals surface area contributed by atoms with Crippen molar-refractivity contribution in [3.63, 3.8) is 0 Å². The lowest BCUT2D eigenvalue weighted by Crippen LogP contribution is -1.97. The molecule has 0 aromatic heterocycles. The largest absolute Gasteiger partial charge is 0.377 e. The Bertz CT molecular complexity index is 391. The standard InChI is InChI=1S/C18H24O/c1-4-10-17(11-5-1)12-8-3-9-15-19-16-18-13-6-2-7-14-18/h2,4,6-8,10,12-14,17H,1,3,5,9,11,15-16H2/b12-8+. The molecule has 1 heteroatoms. The van der Waals surface area contributed by atoms with Crippen molar-refractivity contribution in [3.05, 3.63) is 60.2 Å². The fourth-order valence-electron chi connectivity index (χ4n) is 2.34. The summed E-state index contributed by atoms with van der Waals surface area (Å²) in [5.41, 5.74) is 1.25. The van der Waals surface area contributed by atoms with Crippen LogP contribution in [0.5, 0.6) is 0 Å². The van der Waals surface area contributed by atoms with Gasteiger partial charge in [-0.25, -0.2) is 0 Å². The Hall–Kier alpha value is -1.34. The Morgan fingerprint density at radius 3 is 2.89 bits per heavy atom. The van der Waals surface area contributed by atoms with E-state index >= 15 is 0 Å². The predicted octanol–water partition coefficient (Wildman–Crippen LogP) is 4.90. The third-order valence-corrected chi connectivity index (χ3v) is 3.45. The van der Waals surface area contributed by atoms with Crippen molar-refractivity contribution in [2.45, 2.75) is 38.7 Å². The average Bonchev–Trinajstić information content (AvgIpc) is 2.48. The highest BCUT2D eigenvalue weighted by molar-refractivity contribution is 5.13. The van der Waals surface area contributed by atoms with Crippen molar-refractivity contribution in [1.29, 1.82) is 0 Å². The summed E-state index contributed by atoms with van der Waals surface area (Å²) >= 11 is 0. The van der Waals surface area contributed by atoms with Crippen molar-refractivity contribution >= 4 is 0 Å². The van der Waals surface area contributed by atoms with Crippen LogP contribution in [-0.4, -0.2) is 6.61 Å². The fraction of sp³-hybridized carbons (Fsp3) is 0.444. The second kappa shape index (κ2) is 8.71. The minimum absolute atomic E-state index is 0.680. The molecule has 0 radical (unpaired) electrons. The molecule has 0 bridgehead atoms. The van der Waals surface area contributed by atoms with Crippen LogP contribution >= 0.6 is 0 Å². The topological polar surface area (TPSA) is 9.23 Å². The van der Waals surface area contributed by atoms with Crippen LogP contribution in [0.4, 0.5) is 0 Å². The van der Waals surface area contributed by atoms with E-state index in [1.807, 2.05) is 6.07 Å². The summed E-state index contributed by atoms with van der Waals surface area (Å²) < 4.78 is 5.66. The molecule has 0 amide bonds. The summed E-state index contributed by atoms with van der Waals surface area (Å²) in [6.07, 6.45) is 15.5. The van der Waals surface area contributed by atoms with Gasteiger partial charge < -0.3 is 4.74 Å². The van der Waals surface area contributed by atoms with Gasteiger partial charge in [0.1, 0.15) is 0 Å². The zero-order valence-electron chi connectivity index (χ0n) is 11.6. The van der Waals surface area contributed by atoms with Crippen LogP contribution in [0.1, 0.15) is 37.7 Å². The molecule has 2 rings (SSSR count). The molecule has 19 heavy (non-hydrogen) atoms. The van der Waals surface area contributed by atoms with Crippen molar-refractivity contribution in [1.82, 2.24) is 0 Å². The lowest BCUT2D eigenvalue weighted by atomic mass is 9.95. The fourth-order valence-corrected chi connectivity index (χ4v) is 2.34. The van der Waals surface area contributed by atoms with E-state index in [4.69, 9.17) is 4.74 Å². The molecular weight excluding hydrogens is 232 g/mol. The minimum atomic E-state index is 0.680. The van der Waals surface area contributed by atoms with Crippen molar-refractivity contribution in [3.8, 4) is 0 Å². The van der Waals surface area contributed by atoms with E-state index in [1.165, 1.54) is 24.8 Å². The molecule has 1 aromatic rings. The van der Waals surface area contributed by atoms with Crippen LogP contribution < -0.4 is 0 Å². The van der Waals surface area contributed by atoms with E-state index in [-0.39, 0.29) is 0 Å². The molecule has 1 aliphatic carbocycles. The molecular formula is C18H24O. The Morgan fingerprint density at radius 2 is 2.11 bits per heavy atom. The lowest BCUT2D eigenvalue weighted by molar-refractivity contribution is 0.119. The highest BCUT2D eigenvalue weighted by atomic mass is 16.5. The van der Waals surface area contributed by atoms with Crippen LogP contribution in [0.15, 0.2) is 54.6 Å². The number of allylic oxidation sites excluding steroid dienone is 4. The van der Waals surface area contributed by atoms with Gasteiger partial charge in [-0.05, 0) is 43.6 Å². The highest BCUT2D eigenvalue weighted by Crippen LogP contribution is 2.18. The molecule has 1 aliphatic rings. The van der Waals surface area contributed by atoms with E-state index in [0.717, 1.165) is 26.1 Å². The second-order valence-electron chi connectivity index (χ2n) is 5.13. The quantitative estimate of drug-likeness (QED) is 0.498. The summed E-state index contributed by atoms with van der Waals surface area (Å²) in [6, 6.07) is 10.4. The SMILES string of the molecule is C1=CC(/C=C/CCCOCc2ccccc2)CCC1. The minimum Gasteiger partial charge on any atom is -0.377 e. The van der Waals surface area contributed by atoms with E-state index in [2.05, 4.69) is 48.6 Å². The van der Waals surface area contributed by atoms with Gasteiger partial charge in [0.25, 0.3) is 0 Å². The molecule has 0 fully saturated rings. The first-order valence-corrected chi connectivity index (χ1v) is 7.40. The summed E-state index contributed by atoms with van der Waals surface area (Å²) in [5.74, 6) is 0.680. The molecule has 1 nitrogen and oxygen atoms in total. The third-order valence-electron chi connectivity index (χ3n) is 3.45. The van der Waals surface area contributed by atoms with Crippen LogP contribution in [0, 0.1) is 5.92 Å². The van der Waals surface area contributed by atoms with Crippen molar-refractivity contribution in [2.75, 3.05) is 6.61 Å². The van der Waals surface area contributed by atoms with Crippen LogP contribution in [-0.2, 0) is 11.3 Å². The maximum absolute atomic E-state index is 5.66. The van der Waals surface area contributed by atoms with E-state index in [9.17, 15) is 0 Å². The second-order valence-corrected chi connectivity index (χ2v) is 5.13. The monoisotopic (exact) mass is 256 g/mol. The normalized spacial score (nSPS) is 19.1. The van der Waals surface area contributed by atoms with Gasteiger partial charge in [0.05, 0.1) is 6.61 Å². The Kier molecular flexibility index (Phi) is 6.45. The van der Waals surface area contributed by atoms with Crippen LogP contribution in [0.2, 0.25) is 0 Å². The Labute approximate surface area is 117 Å². The summed E-state index contributed by atoms with van der Waals surface area (Å²) in [6.45, 7) is 1.58. The molecule has 0 saturated heterocycles. The van der Waals surface area contributed by atoms with Gasteiger partial charge in [-0.1, -0.05) is 54.6 Å². The zero-order valence-corrected chi connectivity index (χ0v) is 11.6. The molecule has 102 valence electrons. The van der Waals surface area contributed by atoms with E-state index < -0.39 is 0 Å². The van der Waals surface area contributed by atoms with Gasteiger partial charge in [0, 0.05) is 6.61 Å². The van der Waals surface area contributed by atoms with Gasteiger partial charge in [0.15, 0.2) is 0 Å². The van der Waals surface area contributed by atoms with Gasteiger partial charge in [-0.15, -0.1) is 0 Å². The third kappa shape index (κ3) is 5.89. The number of ether oxygens (including phenoxy) is 1. The molecule has 1 atom stereocenters. The van der Waals surface area contributed by atoms with Gasteiger partial charge in [0.2, 0.25) is 0 Å². The van der Waals surface area contributed by atoms with Gasteiger partial charge in [-0.2, -0.15) is 0 Å². The van der Waals surface area contributed by atoms with Gasteiger partial charge >= 0.3 is 0 Å². The van der Waals surface area contributed by atoms with Gasteiger partial charge in [-0.3, -0.25) is 0 Å². The molecule has 0 saturated carbocycles. The smallest absolute Gasteiger partial charge is 0.0716 e. The van der Waals surface area contributed by atoms with Crippen LogP contribution in [0.25, 0.3) is 0 Å². The summed E-state index contributed by atoms with van der Waals surface area (Å²) in [5, 5.41) is 0. The number of hydrogen-bond donors (Lipinski definition) is 0. The Morgan fingerprint density at radius 1 is 1.21 bits per heavy atom. The summed E-state index contributed by atoms with van der Waals surface area (Å²) in [4.78, 5) is 0. The first-order chi connectivity index (χ1) is 9.45. The molecule has 0 heterocycles. The van der Waals surface area contributed by atoms with Crippen molar-refractivity contribution in [2.24, 2.45) is 5.92 Å². The number of unbranched alkanes of at least 4 members (excludes halogenated alkanes) is 1. The van der Waals surface area contributed by atoms with E-state index in [1.54, 1.807) is 0 Å². The molecule has 0 N–H and O–H groups in total. The highest BCUT2D eigenvalue weighted by Gasteiger charge is 2.02. The van der Waals surface area contributed by atoms with Crippen LogP contribution in [0.3, 0.4) is 0 Å². The Balaban J connectivity index is 1.51. The maximum Gasteiger partial charge on any atom is 0.0716 e. The number of hydrogen-bond acceptors (Lipinski definition) is 1. The molecule has 1 unspecified atom stereocenters. The summed E-state index contributed by atoms with van der Waals surface area (Å²) in [7, 11) is 0. The average molecular weight is 256 g/mol. The zero-order chi connectivity index (χ0) is 13.2. The first-order valence-electron chi connectivity index (χ1n) is 7.40. The maximum atomic E-state index is 5.66. The van der Waals surface area contributed by atoms with E-state index in [0.29, 0.717) is 5.92 Å². The molecule has 0 spiro atoms.